The summed E-state index contributed by atoms with van der Waals surface area (Å²) >= 11 is 3.20. The molecular weight excluding hydrogens is 372 g/mol. The second-order valence-corrected chi connectivity index (χ2v) is 7.00. The van der Waals surface area contributed by atoms with Gasteiger partial charge >= 0.3 is 10.1 Å². The number of benzene rings is 2. The van der Waals surface area contributed by atoms with Gasteiger partial charge in [-0.2, -0.15) is 8.42 Å². The molecule has 2 rings (SSSR count). The Morgan fingerprint density at radius 3 is 2.32 bits per heavy atom. The Bertz CT molecular complexity index is 771. The molecule has 0 aromatic heterocycles. The summed E-state index contributed by atoms with van der Waals surface area (Å²) < 4.78 is 28.8. The van der Waals surface area contributed by atoms with Crippen LogP contribution in [0.15, 0.2) is 63.2 Å². The van der Waals surface area contributed by atoms with Gasteiger partial charge in [0.2, 0.25) is 11.8 Å². The van der Waals surface area contributed by atoms with Gasteiger partial charge in [0.25, 0.3) is 0 Å². The van der Waals surface area contributed by atoms with Crippen molar-refractivity contribution in [3.8, 4) is 0 Å². The van der Waals surface area contributed by atoms with E-state index in [0.29, 0.717) is 5.56 Å². The Kier molecular flexibility index (Phi) is 5.15. The van der Waals surface area contributed by atoms with Crippen LogP contribution in [0.3, 0.4) is 0 Å². The van der Waals surface area contributed by atoms with Crippen molar-refractivity contribution in [2.45, 2.75) is 18.4 Å². The molecular formula is C14H13BrN2O4S. The number of aryl methyl sites for hydroxylation is 1. The topological polar surface area (TPSA) is 81.8 Å². The quantitative estimate of drug-likeness (QED) is 0.448. The van der Waals surface area contributed by atoms with Crippen molar-refractivity contribution in [1.29, 1.82) is 0 Å². The zero-order valence-corrected chi connectivity index (χ0v) is 14.0. The molecule has 0 bridgehead atoms. The van der Waals surface area contributed by atoms with Gasteiger partial charge in [-0.25, -0.2) is 4.28 Å². The molecule has 0 saturated carbocycles. The van der Waals surface area contributed by atoms with Gasteiger partial charge in [0, 0.05) is 10.0 Å². The fraction of sp³-hybridized carbons (Fsp3) is 0.143. The van der Waals surface area contributed by atoms with Gasteiger partial charge in [-0.3, -0.25) is 0 Å². The third-order valence-corrected chi connectivity index (χ3v) is 4.40. The van der Waals surface area contributed by atoms with Crippen LogP contribution in [0.4, 0.5) is 0 Å². The molecule has 2 aromatic rings. The van der Waals surface area contributed by atoms with E-state index in [4.69, 9.17) is 0 Å². The van der Waals surface area contributed by atoms with Crippen molar-refractivity contribution in [2.24, 2.45) is 5.28 Å². The SMILES string of the molecule is Cc1ccc(C/[N+]([O-])=N/OS(=O)(=O)c2ccc(Br)cc2)cc1. The van der Waals surface area contributed by atoms with E-state index in [9.17, 15) is 13.6 Å². The van der Waals surface area contributed by atoms with Crippen LogP contribution >= 0.6 is 15.9 Å². The molecule has 0 radical (unpaired) electrons. The first-order valence-corrected chi connectivity index (χ1v) is 8.47. The van der Waals surface area contributed by atoms with E-state index >= 15 is 0 Å². The molecule has 0 unspecified atom stereocenters. The number of hydrogen-bond donors (Lipinski definition) is 0. The van der Waals surface area contributed by atoms with Crippen molar-refractivity contribution in [1.82, 2.24) is 0 Å². The molecule has 6 nitrogen and oxygen atoms in total. The summed E-state index contributed by atoms with van der Waals surface area (Å²) in [6.45, 7) is 1.83. The lowest BCUT2D eigenvalue weighted by Crippen LogP contribution is -2.07. The molecule has 116 valence electrons. The summed E-state index contributed by atoms with van der Waals surface area (Å²) in [6.07, 6.45) is 0. The first kappa shape index (κ1) is 16.4. The van der Waals surface area contributed by atoms with E-state index in [2.05, 4.69) is 25.5 Å². The Labute approximate surface area is 136 Å². The van der Waals surface area contributed by atoms with Crippen LogP contribution in [-0.4, -0.2) is 13.3 Å². The molecule has 8 heteroatoms. The van der Waals surface area contributed by atoms with Crippen LogP contribution < -0.4 is 0 Å². The first-order valence-electron chi connectivity index (χ1n) is 6.27. The van der Waals surface area contributed by atoms with Gasteiger partial charge < -0.3 is 5.21 Å². The van der Waals surface area contributed by atoms with Gasteiger partial charge in [0.15, 0.2) is 0 Å². The minimum Gasteiger partial charge on any atom is -0.597 e. The predicted molar refractivity (Wildman–Crippen MR) is 83.4 cm³/mol. The second-order valence-electron chi connectivity index (χ2n) is 4.56. The van der Waals surface area contributed by atoms with Crippen molar-refractivity contribution in [3.63, 3.8) is 0 Å². The highest BCUT2D eigenvalue weighted by atomic mass is 79.9. The van der Waals surface area contributed by atoms with Gasteiger partial charge in [-0.05, 0) is 31.2 Å². The van der Waals surface area contributed by atoms with Gasteiger partial charge in [-0.1, -0.05) is 50.6 Å². The van der Waals surface area contributed by atoms with Gasteiger partial charge in [0.1, 0.15) is 4.90 Å². The average molecular weight is 385 g/mol. The highest BCUT2D eigenvalue weighted by molar-refractivity contribution is 9.10. The Balaban J connectivity index is 2.06. The molecule has 0 aliphatic heterocycles. The molecule has 2 aromatic carbocycles. The van der Waals surface area contributed by atoms with Crippen LogP contribution in [0.25, 0.3) is 0 Å². The number of rotatable bonds is 5. The molecule has 0 amide bonds. The zero-order chi connectivity index (χ0) is 16.2. The fourth-order valence-electron chi connectivity index (χ4n) is 1.60. The number of nitrogens with zero attached hydrogens (tertiary/aromatic N) is 2. The third-order valence-electron chi connectivity index (χ3n) is 2.76. The third kappa shape index (κ3) is 4.54. The Morgan fingerprint density at radius 1 is 1.14 bits per heavy atom. The zero-order valence-electron chi connectivity index (χ0n) is 11.6. The first-order chi connectivity index (χ1) is 10.4. The van der Waals surface area contributed by atoms with Crippen LogP contribution in [-0.2, 0) is 20.9 Å². The van der Waals surface area contributed by atoms with E-state index in [-0.39, 0.29) is 16.3 Å². The summed E-state index contributed by atoms with van der Waals surface area (Å²) in [7, 11) is -4.10. The predicted octanol–water partition coefficient (Wildman–Crippen LogP) is 3.54. The Hall–Kier alpha value is -1.93. The smallest absolute Gasteiger partial charge is 0.363 e. The average Bonchev–Trinajstić information content (AvgIpc) is 2.48. The number of halogens is 1. The molecule has 0 atom stereocenters. The normalized spacial score (nSPS) is 12.2. The largest absolute Gasteiger partial charge is 0.597 e. The molecule has 0 spiro atoms. The van der Waals surface area contributed by atoms with E-state index in [1.165, 1.54) is 12.1 Å². The Morgan fingerprint density at radius 2 is 1.73 bits per heavy atom. The summed E-state index contributed by atoms with van der Waals surface area (Å²) in [5.41, 5.74) is 1.76. The lowest BCUT2D eigenvalue weighted by atomic mass is 10.1. The highest BCUT2D eigenvalue weighted by Crippen LogP contribution is 2.17. The fourth-order valence-corrected chi connectivity index (χ4v) is 2.59. The summed E-state index contributed by atoms with van der Waals surface area (Å²) in [6, 6.07) is 13.0. The molecule has 0 aliphatic rings. The van der Waals surface area contributed by atoms with Crippen molar-refractivity contribution < 1.29 is 17.6 Å². The maximum absolute atomic E-state index is 11.8. The number of hydrogen-bond acceptors (Lipinski definition) is 5. The minimum absolute atomic E-state index is 0.0804. The molecule has 0 N–H and O–H groups in total. The van der Waals surface area contributed by atoms with E-state index in [1.54, 1.807) is 24.3 Å². The maximum atomic E-state index is 11.8. The van der Waals surface area contributed by atoms with Crippen molar-refractivity contribution in [2.75, 3.05) is 0 Å². The second kappa shape index (κ2) is 6.89. The van der Waals surface area contributed by atoms with E-state index in [1.807, 2.05) is 19.1 Å². The number of hydroxylamine groups is 1. The molecule has 22 heavy (non-hydrogen) atoms. The van der Waals surface area contributed by atoms with Crippen LogP contribution in [0.5, 0.6) is 0 Å². The minimum atomic E-state index is -4.10. The van der Waals surface area contributed by atoms with E-state index in [0.717, 1.165) is 10.0 Å². The molecule has 0 heterocycles. The van der Waals surface area contributed by atoms with E-state index < -0.39 is 10.1 Å². The van der Waals surface area contributed by atoms with Crippen LogP contribution in [0.2, 0.25) is 0 Å². The lowest BCUT2D eigenvalue weighted by molar-refractivity contribution is -0.567. The molecule has 0 saturated heterocycles. The van der Waals surface area contributed by atoms with Crippen LogP contribution in [0, 0.1) is 12.1 Å². The summed E-state index contributed by atoms with van der Waals surface area (Å²) in [5, 5.41) is 14.7. The lowest BCUT2D eigenvalue weighted by Gasteiger charge is -2.02. The monoisotopic (exact) mass is 384 g/mol. The summed E-state index contributed by atoms with van der Waals surface area (Å²) in [5.74, 6) is 0. The molecule has 0 fully saturated rings. The maximum Gasteiger partial charge on any atom is 0.363 e. The van der Waals surface area contributed by atoms with Gasteiger partial charge in [-0.15, -0.1) is 0 Å². The summed E-state index contributed by atoms with van der Waals surface area (Å²) in [4.78, 5) is 0.101. The standard InChI is InChI=1S/C14H13BrN2O4S/c1-11-2-4-12(5-3-11)10-17(18)16-21-22(19,20)14-8-6-13(15)7-9-14/h2-9H,10H2,1H3/b17-16-. The van der Waals surface area contributed by atoms with Crippen LogP contribution in [0.1, 0.15) is 11.1 Å². The highest BCUT2D eigenvalue weighted by Gasteiger charge is 2.17. The van der Waals surface area contributed by atoms with Crippen molar-refractivity contribution in [3.05, 3.63) is 69.3 Å². The van der Waals surface area contributed by atoms with Gasteiger partial charge in [0.05, 0.1) is 0 Å². The molecule has 0 aliphatic carbocycles. The van der Waals surface area contributed by atoms with Crippen molar-refractivity contribution >= 4 is 26.0 Å².